The number of rotatable bonds is 4. The molecule has 5 nitrogen and oxygen atoms in total. The molecular weight excluding hydrogens is 318 g/mol. The standard InChI is InChI=1S/C17H14ClNO4/c1-21-14-8-10(9-15(22-2)16(14)20)7-11(18)17-19-12-5-3-4-6-13(12)23-17/h3-9,20H,1-2H3/b11-7-. The Kier molecular flexibility index (Phi) is 4.12. The van der Waals surface area contributed by atoms with Gasteiger partial charge in [-0.3, -0.25) is 0 Å². The summed E-state index contributed by atoms with van der Waals surface area (Å²) in [5.74, 6) is 0.833. The molecule has 118 valence electrons. The monoisotopic (exact) mass is 331 g/mol. The van der Waals surface area contributed by atoms with E-state index >= 15 is 0 Å². The summed E-state index contributed by atoms with van der Waals surface area (Å²) in [6.07, 6.45) is 1.66. The summed E-state index contributed by atoms with van der Waals surface area (Å²) in [5, 5.41) is 10.3. The van der Waals surface area contributed by atoms with Crippen LogP contribution in [0.1, 0.15) is 11.5 Å². The second kappa shape index (κ2) is 6.22. The molecule has 23 heavy (non-hydrogen) atoms. The number of methoxy groups -OCH3 is 2. The molecule has 0 saturated carbocycles. The van der Waals surface area contributed by atoms with Gasteiger partial charge in [-0.1, -0.05) is 23.7 Å². The zero-order chi connectivity index (χ0) is 16.4. The van der Waals surface area contributed by atoms with Crippen LogP contribution >= 0.6 is 11.6 Å². The molecule has 6 heteroatoms. The number of aromatic nitrogens is 1. The van der Waals surface area contributed by atoms with Crippen LogP contribution in [-0.4, -0.2) is 24.3 Å². The van der Waals surface area contributed by atoms with Crippen LogP contribution < -0.4 is 9.47 Å². The third-order valence-electron chi connectivity index (χ3n) is 3.29. The first-order valence-electron chi connectivity index (χ1n) is 6.80. The van der Waals surface area contributed by atoms with Gasteiger partial charge in [0.1, 0.15) is 10.5 Å². The maximum atomic E-state index is 9.93. The molecule has 0 fully saturated rings. The number of benzene rings is 2. The highest BCUT2D eigenvalue weighted by Crippen LogP contribution is 2.38. The van der Waals surface area contributed by atoms with E-state index in [0.29, 0.717) is 22.1 Å². The first-order chi connectivity index (χ1) is 11.1. The van der Waals surface area contributed by atoms with Crippen molar-refractivity contribution in [3.63, 3.8) is 0 Å². The molecule has 0 radical (unpaired) electrons. The minimum absolute atomic E-state index is 0.0647. The zero-order valence-electron chi connectivity index (χ0n) is 12.5. The summed E-state index contributed by atoms with van der Waals surface area (Å²) >= 11 is 6.30. The Bertz CT molecular complexity index is 827. The highest BCUT2D eigenvalue weighted by molar-refractivity contribution is 6.50. The fraction of sp³-hybridized carbons (Fsp3) is 0.118. The average Bonchev–Trinajstić information content (AvgIpc) is 3.00. The van der Waals surface area contributed by atoms with Crippen LogP contribution in [-0.2, 0) is 0 Å². The summed E-state index contributed by atoms with van der Waals surface area (Å²) in [7, 11) is 2.93. The van der Waals surface area contributed by atoms with Crippen LogP contribution in [0.5, 0.6) is 17.2 Å². The van der Waals surface area contributed by atoms with E-state index in [1.165, 1.54) is 14.2 Å². The molecule has 1 N–H and O–H groups in total. The van der Waals surface area contributed by atoms with E-state index in [0.717, 1.165) is 5.52 Å². The molecule has 0 bridgehead atoms. The van der Waals surface area contributed by atoms with E-state index in [1.807, 2.05) is 24.3 Å². The lowest BCUT2D eigenvalue weighted by Crippen LogP contribution is -1.90. The van der Waals surface area contributed by atoms with Crippen molar-refractivity contribution in [2.45, 2.75) is 0 Å². The van der Waals surface area contributed by atoms with Crippen molar-refractivity contribution >= 4 is 33.8 Å². The Morgan fingerprint density at radius 3 is 2.43 bits per heavy atom. The summed E-state index contributed by atoms with van der Waals surface area (Å²) in [5.41, 5.74) is 2.08. The van der Waals surface area contributed by atoms with Crippen molar-refractivity contribution in [2.75, 3.05) is 14.2 Å². The number of para-hydroxylation sites is 2. The predicted molar refractivity (Wildman–Crippen MR) is 88.9 cm³/mol. The van der Waals surface area contributed by atoms with Crippen LogP contribution in [0.3, 0.4) is 0 Å². The Morgan fingerprint density at radius 1 is 1.17 bits per heavy atom. The number of phenolic OH excluding ortho intramolecular Hbond substituents is 1. The number of fused-ring (bicyclic) bond motifs is 1. The van der Waals surface area contributed by atoms with Crippen molar-refractivity contribution < 1.29 is 19.0 Å². The topological polar surface area (TPSA) is 64.7 Å². The van der Waals surface area contributed by atoms with Crippen LogP contribution in [0.15, 0.2) is 40.8 Å². The number of hydrogen-bond donors (Lipinski definition) is 1. The Labute approximate surface area is 137 Å². The van der Waals surface area contributed by atoms with Gasteiger partial charge in [-0.05, 0) is 35.9 Å². The van der Waals surface area contributed by atoms with Crippen molar-refractivity contribution in [3.05, 3.63) is 47.9 Å². The lowest BCUT2D eigenvalue weighted by Gasteiger charge is -2.09. The quantitative estimate of drug-likeness (QED) is 0.772. The van der Waals surface area contributed by atoms with Gasteiger partial charge >= 0.3 is 0 Å². The smallest absolute Gasteiger partial charge is 0.238 e. The van der Waals surface area contributed by atoms with E-state index in [2.05, 4.69) is 4.98 Å². The molecule has 0 spiro atoms. The third kappa shape index (κ3) is 2.96. The molecular formula is C17H14ClNO4. The summed E-state index contributed by atoms with van der Waals surface area (Å²) < 4.78 is 15.9. The highest BCUT2D eigenvalue weighted by atomic mass is 35.5. The van der Waals surface area contributed by atoms with Crippen LogP contribution in [0.4, 0.5) is 0 Å². The van der Waals surface area contributed by atoms with E-state index in [4.69, 9.17) is 25.5 Å². The maximum absolute atomic E-state index is 9.93. The van der Waals surface area contributed by atoms with Crippen LogP contribution in [0.25, 0.3) is 22.2 Å². The molecule has 0 aliphatic heterocycles. The highest BCUT2D eigenvalue weighted by Gasteiger charge is 2.13. The van der Waals surface area contributed by atoms with Crippen molar-refractivity contribution in [1.29, 1.82) is 0 Å². The number of aromatic hydroxyl groups is 1. The fourth-order valence-electron chi connectivity index (χ4n) is 2.18. The maximum Gasteiger partial charge on any atom is 0.238 e. The van der Waals surface area contributed by atoms with Gasteiger partial charge in [0, 0.05) is 0 Å². The largest absolute Gasteiger partial charge is 0.502 e. The molecule has 2 aromatic carbocycles. The van der Waals surface area contributed by atoms with E-state index in [-0.39, 0.29) is 17.2 Å². The molecule has 0 amide bonds. The predicted octanol–water partition coefficient (Wildman–Crippen LogP) is 4.29. The SMILES string of the molecule is COc1cc(/C=C(\Cl)c2nc3ccccc3o2)cc(OC)c1O. The lowest BCUT2D eigenvalue weighted by molar-refractivity contribution is 0.340. The first kappa shape index (κ1) is 15.2. The van der Waals surface area contributed by atoms with Crippen LogP contribution in [0.2, 0.25) is 0 Å². The molecule has 3 rings (SSSR count). The van der Waals surface area contributed by atoms with Crippen LogP contribution in [0, 0.1) is 0 Å². The van der Waals surface area contributed by atoms with E-state index < -0.39 is 0 Å². The van der Waals surface area contributed by atoms with Gasteiger partial charge in [0.05, 0.1) is 14.2 Å². The minimum Gasteiger partial charge on any atom is -0.502 e. The van der Waals surface area contributed by atoms with Gasteiger partial charge in [-0.2, -0.15) is 0 Å². The number of hydrogen-bond acceptors (Lipinski definition) is 5. The van der Waals surface area contributed by atoms with E-state index in [1.54, 1.807) is 18.2 Å². The Morgan fingerprint density at radius 2 is 1.83 bits per heavy atom. The molecule has 1 heterocycles. The number of oxazole rings is 1. The molecule has 1 aromatic heterocycles. The van der Waals surface area contributed by atoms with Crippen molar-refractivity contribution in [3.8, 4) is 17.2 Å². The average molecular weight is 332 g/mol. The molecule has 0 saturated heterocycles. The summed E-state index contributed by atoms with van der Waals surface area (Å²) in [6, 6.07) is 10.7. The van der Waals surface area contributed by atoms with Gasteiger partial charge in [-0.15, -0.1) is 0 Å². The Balaban J connectivity index is 2.03. The second-order valence-corrected chi connectivity index (χ2v) is 5.16. The number of halogens is 1. The van der Waals surface area contributed by atoms with Gasteiger partial charge in [-0.25, -0.2) is 4.98 Å². The van der Waals surface area contributed by atoms with Gasteiger partial charge in [0.25, 0.3) is 0 Å². The number of nitrogens with zero attached hydrogens (tertiary/aromatic N) is 1. The normalized spacial score (nSPS) is 11.7. The number of ether oxygens (including phenoxy) is 2. The Hall–Kier alpha value is -2.66. The number of phenols is 1. The lowest BCUT2D eigenvalue weighted by atomic mass is 10.1. The zero-order valence-corrected chi connectivity index (χ0v) is 13.3. The molecule has 0 aliphatic rings. The van der Waals surface area contributed by atoms with Gasteiger partial charge in [0.2, 0.25) is 11.6 Å². The summed E-state index contributed by atoms with van der Waals surface area (Å²) in [6.45, 7) is 0. The molecule has 0 aliphatic carbocycles. The van der Waals surface area contributed by atoms with Gasteiger partial charge < -0.3 is 19.0 Å². The molecule has 3 aromatic rings. The third-order valence-corrected chi connectivity index (χ3v) is 3.56. The van der Waals surface area contributed by atoms with Gasteiger partial charge in [0.15, 0.2) is 17.1 Å². The first-order valence-corrected chi connectivity index (χ1v) is 7.18. The second-order valence-electron chi connectivity index (χ2n) is 4.75. The fourth-order valence-corrected chi connectivity index (χ4v) is 2.39. The van der Waals surface area contributed by atoms with Crippen molar-refractivity contribution in [1.82, 2.24) is 4.98 Å². The molecule has 0 atom stereocenters. The van der Waals surface area contributed by atoms with Crippen molar-refractivity contribution in [2.24, 2.45) is 0 Å². The molecule has 0 unspecified atom stereocenters. The minimum atomic E-state index is -0.0647. The van der Waals surface area contributed by atoms with E-state index in [9.17, 15) is 5.11 Å². The summed E-state index contributed by atoms with van der Waals surface area (Å²) in [4.78, 5) is 4.33.